The first-order valence-corrected chi connectivity index (χ1v) is 17.6. The van der Waals surface area contributed by atoms with Crippen molar-refractivity contribution in [3.63, 3.8) is 0 Å². The molecule has 0 spiro atoms. The van der Waals surface area contributed by atoms with Gasteiger partial charge in [0.25, 0.3) is 0 Å². The Labute approximate surface area is 265 Å². The Morgan fingerprint density at radius 1 is 0.581 bits per heavy atom. The fraction of sp³-hybridized carbons (Fsp3) is 0.711. The van der Waals surface area contributed by atoms with Crippen molar-refractivity contribution in [3.8, 4) is 0 Å². The van der Waals surface area contributed by atoms with Gasteiger partial charge in [-0.25, -0.2) is 0 Å². The van der Waals surface area contributed by atoms with Gasteiger partial charge in [-0.15, -0.1) is 0 Å². The predicted octanol–water partition coefficient (Wildman–Crippen LogP) is 9.20. The van der Waals surface area contributed by atoms with Crippen molar-refractivity contribution in [2.45, 2.75) is 167 Å². The van der Waals surface area contributed by atoms with Crippen LogP contribution in [0.25, 0.3) is 0 Å². The van der Waals surface area contributed by atoms with Gasteiger partial charge in [-0.1, -0.05) is 145 Å². The Morgan fingerprint density at radius 2 is 1.05 bits per heavy atom. The zero-order valence-corrected chi connectivity index (χ0v) is 27.8. The second kappa shape index (κ2) is 33.0. The normalized spacial score (nSPS) is 14.6. The molecule has 0 rings (SSSR count). The number of aliphatic hydroxyl groups excluding tert-OH is 3. The van der Waals surface area contributed by atoms with Crippen molar-refractivity contribution in [2.24, 2.45) is 0 Å². The molecule has 5 heteroatoms. The molecule has 0 aliphatic rings. The summed E-state index contributed by atoms with van der Waals surface area (Å²) in [4.78, 5) is 12.3. The van der Waals surface area contributed by atoms with Gasteiger partial charge in [0.05, 0.1) is 31.3 Å². The van der Waals surface area contributed by atoms with E-state index in [9.17, 15) is 20.1 Å². The lowest BCUT2D eigenvalue weighted by molar-refractivity contribution is -0.124. The molecule has 5 nitrogen and oxygen atoms in total. The summed E-state index contributed by atoms with van der Waals surface area (Å²) >= 11 is 0. The highest BCUT2D eigenvalue weighted by Gasteiger charge is 2.19. The van der Waals surface area contributed by atoms with Gasteiger partial charge >= 0.3 is 0 Å². The van der Waals surface area contributed by atoms with Gasteiger partial charge in [0, 0.05) is 0 Å². The largest absolute Gasteiger partial charge is 0.394 e. The Hall–Kier alpha value is -1.95. The van der Waals surface area contributed by atoms with E-state index in [1.54, 1.807) is 12.2 Å². The van der Waals surface area contributed by atoms with Crippen LogP contribution in [0.15, 0.2) is 60.8 Å². The summed E-state index contributed by atoms with van der Waals surface area (Å²) in [6, 6.07) is -0.798. The van der Waals surface area contributed by atoms with Gasteiger partial charge in [0.1, 0.15) is 0 Å². The van der Waals surface area contributed by atoms with Crippen LogP contribution < -0.4 is 5.32 Å². The summed E-state index contributed by atoms with van der Waals surface area (Å²) in [5.74, 6) is -0.401. The van der Waals surface area contributed by atoms with Crippen LogP contribution in [0, 0.1) is 0 Å². The van der Waals surface area contributed by atoms with Crippen LogP contribution in [0.3, 0.4) is 0 Å². The van der Waals surface area contributed by atoms with E-state index in [-0.39, 0.29) is 13.0 Å². The van der Waals surface area contributed by atoms with Crippen LogP contribution in [-0.4, -0.2) is 46.1 Å². The second-order valence-electron chi connectivity index (χ2n) is 11.7. The molecular weight excluding hydrogens is 534 g/mol. The minimum Gasteiger partial charge on any atom is -0.394 e. The molecule has 0 heterocycles. The average Bonchev–Trinajstić information content (AvgIpc) is 3.00. The van der Waals surface area contributed by atoms with Crippen LogP contribution >= 0.6 is 0 Å². The van der Waals surface area contributed by atoms with Crippen LogP contribution in [-0.2, 0) is 4.79 Å². The SMILES string of the molecule is CCCCCCCC/C=C\C/C=C\C(O)CC(=O)NC(CO)C(O)/C=C/CC/C=C/CC/C=C/CCCCCCCCC. The molecule has 43 heavy (non-hydrogen) atoms. The highest BCUT2D eigenvalue weighted by atomic mass is 16.3. The van der Waals surface area contributed by atoms with Crippen molar-refractivity contribution >= 4 is 5.91 Å². The Bertz CT molecular complexity index is 755. The molecule has 3 atom stereocenters. The molecule has 3 unspecified atom stereocenters. The number of hydrogen-bond donors (Lipinski definition) is 4. The van der Waals surface area contributed by atoms with Gasteiger partial charge in [0.15, 0.2) is 0 Å². The third kappa shape index (κ3) is 29.9. The van der Waals surface area contributed by atoms with E-state index < -0.39 is 24.2 Å². The molecule has 0 bridgehead atoms. The number of allylic oxidation sites excluding steroid dienone is 8. The van der Waals surface area contributed by atoms with E-state index >= 15 is 0 Å². The maximum atomic E-state index is 12.3. The third-order valence-electron chi connectivity index (χ3n) is 7.51. The van der Waals surface area contributed by atoms with Crippen molar-refractivity contribution in [1.29, 1.82) is 0 Å². The molecule has 4 N–H and O–H groups in total. The van der Waals surface area contributed by atoms with Crippen molar-refractivity contribution in [3.05, 3.63) is 60.8 Å². The second-order valence-corrected chi connectivity index (χ2v) is 11.7. The lowest BCUT2D eigenvalue weighted by Gasteiger charge is -2.20. The fourth-order valence-electron chi connectivity index (χ4n) is 4.78. The zero-order valence-electron chi connectivity index (χ0n) is 27.8. The van der Waals surface area contributed by atoms with Gasteiger partial charge in [0.2, 0.25) is 5.91 Å². The van der Waals surface area contributed by atoms with E-state index in [0.717, 1.165) is 38.5 Å². The minimum atomic E-state index is -0.983. The van der Waals surface area contributed by atoms with E-state index in [1.807, 2.05) is 12.2 Å². The maximum absolute atomic E-state index is 12.3. The summed E-state index contributed by atoms with van der Waals surface area (Å²) in [5, 5.41) is 32.8. The molecule has 0 aliphatic carbocycles. The molecule has 0 saturated carbocycles. The number of amides is 1. The quantitative estimate of drug-likeness (QED) is 0.0488. The lowest BCUT2D eigenvalue weighted by atomic mass is 10.1. The van der Waals surface area contributed by atoms with Crippen LogP contribution in [0.1, 0.15) is 149 Å². The number of aliphatic hydroxyl groups is 3. The van der Waals surface area contributed by atoms with E-state index in [1.165, 1.54) is 89.9 Å². The summed E-state index contributed by atoms with van der Waals surface area (Å²) < 4.78 is 0. The summed E-state index contributed by atoms with van der Waals surface area (Å²) in [5.41, 5.74) is 0. The van der Waals surface area contributed by atoms with Crippen molar-refractivity contribution in [1.82, 2.24) is 5.32 Å². The third-order valence-corrected chi connectivity index (χ3v) is 7.51. The molecule has 0 aromatic rings. The Morgan fingerprint density at radius 3 is 1.58 bits per heavy atom. The van der Waals surface area contributed by atoms with Gasteiger partial charge in [-0.2, -0.15) is 0 Å². The van der Waals surface area contributed by atoms with E-state index in [4.69, 9.17) is 0 Å². The van der Waals surface area contributed by atoms with Crippen molar-refractivity contribution in [2.75, 3.05) is 6.61 Å². The van der Waals surface area contributed by atoms with E-state index in [0.29, 0.717) is 0 Å². The topological polar surface area (TPSA) is 89.8 Å². The monoisotopic (exact) mass is 602 g/mol. The highest BCUT2D eigenvalue weighted by Crippen LogP contribution is 2.10. The first-order valence-electron chi connectivity index (χ1n) is 17.6. The Kier molecular flexibility index (Phi) is 31.5. The van der Waals surface area contributed by atoms with Gasteiger partial charge in [-0.3, -0.25) is 4.79 Å². The molecule has 248 valence electrons. The van der Waals surface area contributed by atoms with Crippen LogP contribution in [0.4, 0.5) is 0 Å². The minimum absolute atomic E-state index is 0.107. The smallest absolute Gasteiger partial charge is 0.223 e. The number of nitrogens with one attached hydrogen (secondary N) is 1. The van der Waals surface area contributed by atoms with Gasteiger partial charge in [-0.05, 0) is 57.8 Å². The number of hydrogen-bond acceptors (Lipinski definition) is 4. The maximum Gasteiger partial charge on any atom is 0.223 e. The van der Waals surface area contributed by atoms with Crippen LogP contribution in [0.5, 0.6) is 0 Å². The summed E-state index contributed by atoms with van der Waals surface area (Å²) in [7, 11) is 0. The first-order chi connectivity index (χ1) is 21.0. The predicted molar refractivity (Wildman–Crippen MR) is 185 cm³/mol. The number of carbonyl (C=O) groups excluding carboxylic acids is 1. The van der Waals surface area contributed by atoms with Crippen molar-refractivity contribution < 1.29 is 20.1 Å². The zero-order chi connectivity index (χ0) is 31.6. The molecule has 0 saturated heterocycles. The molecular formula is C38H67NO4. The molecule has 0 aromatic carbocycles. The summed E-state index contributed by atoms with van der Waals surface area (Å²) in [6.07, 6.45) is 42.2. The molecule has 0 fully saturated rings. The Balaban J connectivity index is 3.96. The highest BCUT2D eigenvalue weighted by molar-refractivity contribution is 5.77. The fourth-order valence-corrected chi connectivity index (χ4v) is 4.78. The van der Waals surface area contributed by atoms with Gasteiger partial charge < -0.3 is 20.6 Å². The molecule has 0 radical (unpaired) electrons. The molecule has 0 aliphatic heterocycles. The number of carbonyl (C=O) groups is 1. The first kappa shape index (κ1) is 41.0. The molecule has 1 amide bonds. The van der Waals surface area contributed by atoms with E-state index in [2.05, 4.69) is 55.6 Å². The molecule has 0 aromatic heterocycles. The number of rotatable bonds is 30. The average molecular weight is 602 g/mol. The standard InChI is InChI=1S/C38H67NO4/c1-3-5-7-9-11-13-15-16-17-18-19-20-22-24-26-28-30-32-37(42)36(34-40)39-38(43)33-35(41)31-29-27-25-23-21-14-12-10-8-6-4-2/h17-18,22-25,29-32,35-37,40-42H,3-16,19-21,26-28,33-34H2,1-2H3,(H,39,43)/b18-17+,24-22+,25-23-,31-29-,32-30+. The lowest BCUT2D eigenvalue weighted by Crippen LogP contribution is -2.45. The van der Waals surface area contributed by atoms with Crippen LogP contribution in [0.2, 0.25) is 0 Å². The summed E-state index contributed by atoms with van der Waals surface area (Å²) in [6.45, 7) is 4.11. The number of unbranched alkanes of at least 4 members (excludes halogenated alkanes) is 15.